The predicted octanol–water partition coefficient (Wildman–Crippen LogP) is 3.13. The van der Waals surface area contributed by atoms with Gasteiger partial charge < -0.3 is 10.2 Å². The van der Waals surface area contributed by atoms with Crippen LogP contribution in [0.5, 0.6) is 0 Å². The van der Waals surface area contributed by atoms with Gasteiger partial charge in [0.15, 0.2) is 0 Å². The molecule has 2 aliphatic rings. The summed E-state index contributed by atoms with van der Waals surface area (Å²) in [7, 11) is 2.32. The van der Waals surface area contributed by atoms with E-state index in [1.54, 1.807) is 0 Å². The second-order valence-corrected chi connectivity index (χ2v) is 7.03. The average Bonchev–Trinajstić information content (AvgIpc) is 3.25. The summed E-state index contributed by atoms with van der Waals surface area (Å²) in [6.07, 6.45) is 6.86. The summed E-state index contributed by atoms with van der Waals surface area (Å²) in [5.41, 5.74) is 0.496. The van der Waals surface area contributed by atoms with Crippen LogP contribution in [0.15, 0.2) is 0 Å². The van der Waals surface area contributed by atoms with Gasteiger partial charge in [0.25, 0.3) is 0 Å². The fourth-order valence-corrected chi connectivity index (χ4v) is 3.12. The lowest BCUT2D eigenvalue weighted by Crippen LogP contribution is -2.43. The summed E-state index contributed by atoms with van der Waals surface area (Å²) in [5.74, 6) is 1.97. The molecule has 0 aliphatic heterocycles. The van der Waals surface area contributed by atoms with Crippen LogP contribution in [0.4, 0.5) is 0 Å². The zero-order valence-corrected chi connectivity index (χ0v) is 12.8. The van der Waals surface area contributed by atoms with E-state index < -0.39 is 0 Å². The van der Waals surface area contributed by atoms with Gasteiger partial charge in [0.05, 0.1) is 0 Å². The lowest BCUT2D eigenvalue weighted by atomic mass is 9.81. The van der Waals surface area contributed by atoms with Crippen LogP contribution >= 0.6 is 0 Å². The molecule has 0 aromatic carbocycles. The van der Waals surface area contributed by atoms with E-state index in [9.17, 15) is 0 Å². The topological polar surface area (TPSA) is 15.3 Å². The van der Waals surface area contributed by atoms with Crippen molar-refractivity contribution >= 4 is 0 Å². The van der Waals surface area contributed by atoms with Crippen LogP contribution in [-0.2, 0) is 0 Å². The Balaban J connectivity index is 1.78. The average molecular weight is 252 g/mol. The quantitative estimate of drug-likeness (QED) is 0.678. The zero-order chi connectivity index (χ0) is 13.2. The van der Waals surface area contributed by atoms with E-state index in [0.717, 1.165) is 17.9 Å². The Bertz CT molecular complexity index is 256. The molecule has 0 amide bonds. The highest BCUT2D eigenvalue weighted by Crippen LogP contribution is 2.38. The van der Waals surface area contributed by atoms with Gasteiger partial charge in [0.1, 0.15) is 0 Å². The molecule has 2 heteroatoms. The summed E-state index contributed by atoms with van der Waals surface area (Å²) in [6, 6.07) is 0.844. The molecule has 106 valence electrons. The van der Waals surface area contributed by atoms with Crippen LogP contribution in [0, 0.1) is 17.3 Å². The first-order valence-corrected chi connectivity index (χ1v) is 8.00. The molecule has 0 saturated heterocycles. The first-order valence-electron chi connectivity index (χ1n) is 8.00. The van der Waals surface area contributed by atoms with Crippen molar-refractivity contribution in [2.75, 3.05) is 26.7 Å². The van der Waals surface area contributed by atoms with E-state index in [1.807, 2.05) is 0 Å². The Morgan fingerprint density at radius 2 is 1.83 bits per heavy atom. The molecule has 0 aromatic heterocycles. The van der Waals surface area contributed by atoms with Crippen molar-refractivity contribution in [2.24, 2.45) is 17.3 Å². The van der Waals surface area contributed by atoms with Crippen molar-refractivity contribution in [3.05, 3.63) is 0 Å². The molecule has 2 atom stereocenters. The van der Waals surface area contributed by atoms with Crippen molar-refractivity contribution < 1.29 is 0 Å². The molecule has 2 nitrogen and oxygen atoms in total. The van der Waals surface area contributed by atoms with Gasteiger partial charge in [-0.15, -0.1) is 0 Å². The molecule has 18 heavy (non-hydrogen) atoms. The first-order chi connectivity index (χ1) is 8.58. The second kappa shape index (κ2) is 5.92. The van der Waals surface area contributed by atoms with Crippen molar-refractivity contribution in [1.82, 2.24) is 10.2 Å². The van der Waals surface area contributed by atoms with E-state index >= 15 is 0 Å². The SMILES string of the molecule is CCC(CC)(CNC1CC1)CN(C)CC1CC1C. The molecule has 2 rings (SSSR count). The molecule has 2 saturated carbocycles. The molecular formula is C16H32N2. The molecular weight excluding hydrogens is 220 g/mol. The molecule has 2 unspecified atom stereocenters. The fraction of sp³-hybridized carbons (Fsp3) is 1.00. The molecule has 0 heterocycles. The zero-order valence-electron chi connectivity index (χ0n) is 12.8. The highest BCUT2D eigenvalue weighted by molar-refractivity contribution is 4.90. The Kier molecular flexibility index (Phi) is 4.71. The highest BCUT2D eigenvalue weighted by atomic mass is 15.1. The Labute approximate surface area is 114 Å². The summed E-state index contributed by atoms with van der Waals surface area (Å²) in [4.78, 5) is 2.59. The number of hydrogen-bond donors (Lipinski definition) is 1. The monoisotopic (exact) mass is 252 g/mol. The third-order valence-corrected chi connectivity index (χ3v) is 5.27. The fourth-order valence-electron chi connectivity index (χ4n) is 3.12. The van der Waals surface area contributed by atoms with Gasteiger partial charge in [-0.2, -0.15) is 0 Å². The largest absolute Gasteiger partial charge is 0.313 e. The standard InChI is InChI=1S/C16H32N2/c1-5-16(6-2,11-17-15-7-8-15)12-18(4)10-14-9-13(14)3/h13-15,17H,5-12H2,1-4H3. The van der Waals surface area contributed by atoms with E-state index in [2.05, 4.69) is 38.0 Å². The summed E-state index contributed by atoms with van der Waals surface area (Å²) in [6.45, 7) is 10.9. The minimum Gasteiger partial charge on any atom is -0.313 e. The van der Waals surface area contributed by atoms with Gasteiger partial charge in [-0.05, 0) is 56.4 Å². The lowest BCUT2D eigenvalue weighted by Gasteiger charge is -2.36. The number of nitrogens with zero attached hydrogens (tertiary/aromatic N) is 1. The number of hydrogen-bond acceptors (Lipinski definition) is 2. The van der Waals surface area contributed by atoms with Crippen LogP contribution < -0.4 is 5.32 Å². The molecule has 2 aliphatic carbocycles. The highest BCUT2D eigenvalue weighted by Gasteiger charge is 2.36. The summed E-state index contributed by atoms with van der Waals surface area (Å²) in [5, 5.41) is 3.76. The van der Waals surface area contributed by atoms with E-state index in [4.69, 9.17) is 0 Å². The number of rotatable bonds is 9. The van der Waals surface area contributed by atoms with Crippen molar-refractivity contribution in [3.8, 4) is 0 Å². The van der Waals surface area contributed by atoms with Crippen LogP contribution in [0.3, 0.4) is 0 Å². The van der Waals surface area contributed by atoms with Gasteiger partial charge in [-0.1, -0.05) is 20.8 Å². The predicted molar refractivity (Wildman–Crippen MR) is 78.8 cm³/mol. The third kappa shape index (κ3) is 3.96. The van der Waals surface area contributed by atoms with Gasteiger partial charge >= 0.3 is 0 Å². The smallest absolute Gasteiger partial charge is 0.00684 e. The van der Waals surface area contributed by atoms with E-state index in [1.165, 1.54) is 51.7 Å². The van der Waals surface area contributed by atoms with Crippen molar-refractivity contribution in [2.45, 2.75) is 58.9 Å². The normalized spacial score (nSPS) is 27.8. The second-order valence-electron chi connectivity index (χ2n) is 7.03. The van der Waals surface area contributed by atoms with E-state index in [0.29, 0.717) is 5.41 Å². The Morgan fingerprint density at radius 3 is 2.28 bits per heavy atom. The molecule has 0 aromatic rings. The van der Waals surface area contributed by atoms with E-state index in [-0.39, 0.29) is 0 Å². The Hall–Kier alpha value is -0.0800. The third-order valence-electron chi connectivity index (χ3n) is 5.27. The molecule has 2 fully saturated rings. The Morgan fingerprint density at radius 1 is 1.22 bits per heavy atom. The minimum atomic E-state index is 0.496. The number of nitrogens with one attached hydrogen (secondary N) is 1. The first kappa shape index (κ1) is 14.3. The maximum atomic E-state index is 3.76. The van der Waals surface area contributed by atoms with Crippen molar-refractivity contribution in [3.63, 3.8) is 0 Å². The summed E-state index contributed by atoms with van der Waals surface area (Å²) >= 11 is 0. The minimum absolute atomic E-state index is 0.496. The van der Waals surface area contributed by atoms with Crippen LogP contribution in [-0.4, -0.2) is 37.6 Å². The van der Waals surface area contributed by atoms with Gasteiger partial charge in [0.2, 0.25) is 0 Å². The van der Waals surface area contributed by atoms with Crippen LogP contribution in [0.25, 0.3) is 0 Å². The summed E-state index contributed by atoms with van der Waals surface area (Å²) < 4.78 is 0. The maximum Gasteiger partial charge on any atom is 0.00684 e. The van der Waals surface area contributed by atoms with Gasteiger partial charge in [-0.3, -0.25) is 0 Å². The van der Waals surface area contributed by atoms with Crippen LogP contribution in [0.1, 0.15) is 52.9 Å². The molecule has 0 bridgehead atoms. The lowest BCUT2D eigenvalue weighted by molar-refractivity contribution is 0.150. The van der Waals surface area contributed by atoms with Gasteiger partial charge in [-0.25, -0.2) is 0 Å². The van der Waals surface area contributed by atoms with Crippen molar-refractivity contribution in [1.29, 1.82) is 0 Å². The van der Waals surface area contributed by atoms with Crippen LogP contribution in [0.2, 0.25) is 0 Å². The molecule has 0 spiro atoms. The molecule has 0 radical (unpaired) electrons. The molecule has 1 N–H and O–H groups in total. The maximum absolute atomic E-state index is 3.76. The van der Waals surface area contributed by atoms with Gasteiger partial charge in [0, 0.05) is 25.7 Å².